The molecule has 2 N–H and O–H groups in total. The van der Waals surface area contributed by atoms with E-state index in [1.54, 1.807) is 6.08 Å². The van der Waals surface area contributed by atoms with Crippen LogP contribution in [0.2, 0.25) is 0 Å². The third-order valence-corrected chi connectivity index (χ3v) is 2.83. The van der Waals surface area contributed by atoms with Crippen LogP contribution in [0.5, 0.6) is 0 Å². The number of aliphatic hydroxyl groups is 1. The number of rotatable bonds is 5. The molecule has 98 valence electrons. The van der Waals surface area contributed by atoms with Crippen LogP contribution >= 0.6 is 0 Å². The van der Waals surface area contributed by atoms with Gasteiger partial charge in [0.1, 0.15) is 0 Å². The molecule has 0 saturated heterocycles. The zero-order valence-electron chi connectivity index (χ0n) is 11.2. The van der Waals surface area contributed by atoms with E-state index in [0.29, 0.717) is 0 Å². The molecule has 0 bridgehead atoms. The Morgan fingerprint density at radius 3 is 2.44 bits per heavy atom. The maximum atomic E-state index is 11.6. The molecule has 0 fully saturated rings. The van der Waals surface area contributed by atoms with Gasteiger partial charge in [-0.1, -0.05) is 43.7 Å². The van der Waals surface area contributed by atoms with Crippen LogP contribution in [0, 0.1) is 12.8 Å². The Hall–Kier alpha value is -1.61. The molecule has 1 aromatic rings. The molecule has 18 heavy (non-hydrogen) atoms. The van der Waals surface area contributed by atoms with Gasteiger partial charge in [0.25, 0.3) is 0 Å². The summed E-state index contributed by atoms with van der Waals surface area (Å²) < 4.78 is 0. The van der Waals surface area contributed by atoms with Crippen molar-refractivity contribution >= 4 is 12.0 Å². The Balaban J connectivity index is 2.56. The Kier molecular flexibility index (Phi) is 5.59. The van der Waals surface area contributed by atoms with Gasteiger partial charge < -0.3 is 10.4 Å². The minimum atomic E-state index is -0.194. The zero-order chi connectivity index (χ0) is 13.5. The Morgan fingerprint density at radius 2 is 1.94 bits per heavy atom. The minimum absolute atomic E-state index is 0.0399. The van der Waals surface area contributed by atoms with Gasteiger partial charge >= 0.3 is 0 Å². The largest absolute Gasteiger partial charge is 0.394 e. The highest BCUT2D eigenvalue weighted by atomic mass is 16.3. The lowest BCUT2D eigenvalue weighted by Crippen LogP contribution is -2.40. The first-order valence-electron chi connectivity index (χ1n) is 6.19. The molecular weight excluding hydrogens is 226 g/mol. The number of amides is 1. The van der Waals surface area contributed by atoms with Crippen molar-refractivity contribution in [2.45, 2.75) is 26.8 Å². The molecule has 0 spiro atoms. The van der Waals surface area contributed by atoms with E-state index in [-0.39, 0.29) is 24.5 Å². The lowest BCUT2D eigenvalue weighted by molar-refractivity contribution is -0.117. The number of nitrogens with one attached hydrogen (secondary N) is 1. The van der Waals surface area contributed by atoms with Crippen molar-refractivity contribution in [2.24, 2.45) is 5.92 Å². The van der Waals surface area contributed by atoms with Crippen molar-refractivity contribution in [1.29, 1.82) is 0 Å². The second-order valence-electron chi connectivity index (χ2n) is 4.79. The minimum Gasteiger partial charge on any atom is -0.394 e. The molecule has 1 aromatic carbocycles. The summed E-state index contributed by atoms with van der Waals surface area (Å²) in [7, 11) is 0. The van der Waals surface area contributed by atoms with Gasteiger partial charge in [-0.3, -0.25) is 4.79 Å². The molecule has 0 aliphatic heterocycles. The predicted molar refractivity (Wildman–Crippen MR) is 74.1 cm³/mol. The molecule has 3 heteroatoms. The first kappa shape index (κ1) is 14.5. The summed E-state index contributed by atoms with van der Waals surface area (Å²) in [5.74, 6) is 0.0371. The van der Waals surface area contributed by atoms with Gasteiger partial charge in [-0.05, 0) is 24.5 Å². The fraction of sp³-hybridized carbons (Fsp3) is 0.400. The SMILES string of the molecule is Cc1ccc(C=CC(=O)NC(CO)C(C)C)cc1. The van der Waals surface area contributed by atoms with Gasteiger partial charge in [0, 0.05) is 6.08 Å². The van der Waals surface area contributed by atoms with Crippen molar-refractivity contribution in [2.75, 3.05) is 6.61 Å². The molecule has 3 nitrogen and oxygen atoms in total. The summed E-state index contributed by atoms with van der Waals surface area (Å²) in [6.45, 7) is 5.91. The first-order valence-corrected chi connectivity index (χ1v) is 6.19. The number of carbonyl (C=O) groups excluding carboxylic acids is 1. The predicted octanol–water partition coefficient (Wildman–Crippen LogP) is 2.14. The Labute approximate surface area is 109 Å². The van der Waals surface area contributed by atoms with E-state index in [4.69, 9.17) is 5.11 Å². The average molecular weight is 247 g/mol. The Bertz CT molecular complexity index is 407. The van der Waals surface area contributed by atoms with E-state index in [1.165, 1.54) is 11.6 Å². The molecular formula is C15H21NO2. The fourth-order valence-electron chi connectivity index (χ4n) is 1.50. The highest BCUT2D eigenvalue weighted by Crippen LogP contribution is 2.05. The van der Waals surface area contributed by atoms with Gasteiger partial charge in [0.05, 0.1) is 12.6 Å². The molecule has 0 aliphatic carbocycles. The quantitative estimate of drug-likeness (QED) is 0.783. The van der Waals surface area contributed by atoms with E-state index in [0.717, 1.165) is 5.56 Å². The number of hydrogen-bond acceptors (Lipinski definition) is 2. The van der Waals surface area contributed by atoms with Crippen molar-refractivity contribution in [3.63, 3.8) is 0 Å². The van der Waals surface area contributed by atoms with Gasteiger partial charge in [0.2, 0.25) is 5.91 Å². The van der Waals surface area contributed by atoms with Crippen LogP contribution in [0.15, 0.2) is 30.3 Å². The highest BCUT2D eigenvalue weighted by molar-refractivity contribution is 5.91. The van der Waals surface area contributed by atoms with Crippen LogP contribution in [0.25, 0.3) is 6.08 Å². The van der Waals surface area contributed by atoms with Crippen LogP contribution in [0.4, 0.5) is 0 Å². The molecule has 0 aromatic heterocycles. The van der Waals surface area contributed by atoms with Crippen molar-refractivity contribution in [3.8, 4) is 0 Å². The van der Waals surface area contributed by atoms with Crippen molar-refractivity contribution in [1.82, 2.24) is 5.32 Å². The molecule has 1 atom stereocenters. The Morgan fingerprint density at radius 1 is 1.33 bits per heavy atom. The van der Waals surface area contributed by atoms with Crippen LogP contribution in [0.3, 0.4) is 0 Å². The van der Waals surface area contributed by atoms with Crippen LogP contribution in [-0.2, 0) is 4.79 Å². The smallest absolute Gasteiger partial charge is 0.244 e. The summed E-state index contributed by atoms with van der Waals surface area (Å²) >= 11 is 0. The molecule has 1 unspecified atom stereocenters. The lowest BCUT2D eigenvalue weighted by atomic mass is 10.1. The molecule has 1 amide bonds. The van der Waals surface area contributed by atoms with Crippen molar-refractivity contribution in [3.05, 3.63) is 41.5 Å². The van der Waals surface area contributed by atoms with E-state index in [2.05, 4.69) is 5.32 Å². The third kappa shape index (κ3) is 4.72. The molecule has 0 radical (unpaired) electrons. The number of hydrogen-bond donors (Lipinski definition) is 2. The summed E-state index contributed by atoms with van der Waals surface area (Å²) in [4.78, 5) is 11.6. The number of aliphatic hydroxyl groups excluding tert-OH is 1. The topological polar surface area (TPSA) is 49.3 Å². The second-order valence-corrected chi connectivity index (χ2v) is 4.79. The summed E-state index contributed by atoms with van der Waals surface area (Å²) in [6, 6.07) is 7.74. The van der Waals surface area contributed by atoms with Gasteiger partial charge in [0.15, 0.2) is 0 Å². The van der Waals surface area contributed by atoms with E-state index in [9.17, 15) is 4.79 Å². The highest BCUT2D eigenvalue weighted by Gasteiger charge is 2.12. The third-order valence-electron chi connectivity index (χ3n) is 2.83. The van der Waals surface area contributed by atoms with Crippen LogP contribution < -0.4 is 5.32 Å². The van der Waals surface area contributed by atoms with Crippen LogP contribution in [-0.4, -0.2) is 23.7 Å². The maximum absolute atomic E-state index is 11.6. The molecule has 0 heterocycles. The molecule has 1 rings (SSSR count). The summed E-state index contributed by atoms with van der Waals surface area (Å²) in [5.41, 5.74) is 2.18. The monoisotopic (exact) mass is 247 g/mol. The first-order chi connectivity index (χ1) is 8.52. The van der Waals surface area contributed by atoms with E-state index in [1.807, 2.05) is 45.0 Å². The number of carbonyl (C=O) groups is 1. The number of benzene rings is 1. The summed E-state index contributed by atoms with van der Waals surface area (Å²) in [5, 5.41) is 11.9. The zero-order valence-corrected chi connectivity index (χ0v) is 11.2. The van der Waals surface area contributed by atoms with E-state index < -0.39 is 0 Å². The van der Waals surface area contributed by atoms with Gasteiger partial charge in [-0.25, -0.2) is 0 Å². The van der Waals surface area contributed by atoms with Crippen LogP contribution in [0.1, 0.15) is 25.0 Å². The molecule has 0 aliphatic rings. The maximum Gasteiger partial charge on any atom is 0.244 e. The van der Waals surface area contributed by atoms with E-state index >= 15 is 0 Å². The van der Waals surface area contributed by atoms with Gasteiger partial charge in [-0.15, -0.1) is 0 Å². The van der Waals surface area contributed by atoms with Gasteiger partial charge in [-0.2, -0.15) is 0 Å². The summed E-state index contributed by atoms with van der Waals surface area (Å²) in [6.07, 6.45) is 3.26. The average Bonchev–Trinajstić information content (AvgIpc) is 2.35. The fourth-order valence-corrected chi connectivity index (χ4v) is 1.50. The second kappa shape index (κ2) is 6.97. The normalized spacial score (nSPS) is 12.9. The molecule has 0 saturated carbocycles. The lowest BCUT2D eigenvalue weighted by Gasteiger charge is -2.18. The standard InChI is InChI=1S/C15H21NO2/c1-11(2)14(10-17)16-15(18)9-8-13-6-4-12(3)5-7-13/h4-9,11,14,17H,10H2,1-3H3,(H,16,18). The van der Waals surface area contributed by atoms with Crippen molar-refractivity contribution < 1.29 is 9.90 Å². The number of aryl methyl sites for hydroxylation is 1.